The fraction of sp³-hybridized carbons (Fsp3) is 0.292. The number of carbonyl (C=O) groups excluding carboxylic acids is 1. The van der Waals surface area contributed by atoms with Crippen LogP contribution < -0.4 is 4.74 Å². The zero-order chi connectivity index (χ0) is 21.3. The van der Waals surface area contributed by atoms with E-state index >= 15 is 0 Å². The van der Waals surface area contributed by atoms with Crippen LogP contribution in [0.15, 0.2) is 71.7 Å². The maximum absolute atomic E-state index is 12.8. The molecular formula is C24H24O6. The molecule has 0 saturated heterocycles. The van der Waals surface area contributed by atoms with Gasteiger partial charge in [-0.15, -0.1) is 0 Å². The summed E-state index contributed by atoms with van der Waals surface area (Å²) in [5, 5.41) is 11.5. The molecular weight excluding hydrogens is 384 g/mol. The Morgan fingerprint density at radius 2 is 1.80 bits per heavy atom. The maximum atomic E-state index is 12.8. The summed E-state index contributed by atoms with van der Waals surface area (Å²) >= 11 is 0. The van der Waals surface area contributed by atoms with Gasteiger partial charge in [0.25, 0.3) is 5.79 Å². The van der Waals surface area contributed by atoms with Crippen LogP contribution >= 0.6 is 0 Å². The topological polar surface area (TPSA) is 74.2 Å². The Labute approximate surface area is 175 Å². The van der Waals surface area contributed by atoms with Crippen LogP contribution in [-0.4, -0.2) is 25.0 Å². The molecule has 2 aliphatic rings. The second-order valence-electron chi connectivity index (χ2n) is 7.60. The van der Waals surface area contributed by atoms with Crippen LogP contribution in [0.25, 0.3) is 0 Å². The van der Waals surface area contributed by atoms with E-state index in [0.717, 1.165) is 5.56 Å². The molecule has 4 rings (SSSR count). The zero-order valence-corrected chi connectivity index (χ0v) is 17.2. The van der Waals surface area contributed by atoms with Gasteiger partial charge in [-0.2, -0.15) is 0 Å². The lowest BCUT2D eigenvalue weighted by molar-refractivity contribution is -0.186. The minimum Gasteiger partial charge on any atom is -0.497 e. The van der Waals surface area contributed by atoms with E-state index in [2.05, 4.69) is 26.0 Å². The quantitative estimate of drug-likeness (QED) is 0.731. The summed E-state index contributed by atoms with van der Waals surface area (Å²) in [4.78, 5) is 12.8. The lowest BCUT2D eigenvalue weighted by Gasteiger charge is -2.26. The molecule has 156 valence electrons. The predicted molar refractivity (Wildman–Crippen MR) is 109 cm³/mol. The van der Waals surface area contributed by atoms with Crippen LogP contribution in [-0.2, 0) is 31.2 Å². The van der Waals surface area contributed by atoms with Crippen LogP contribution in [0, 0.1) is 0 Å². The van der Waals surface area contributed by atoms with Gasteiger partial charge in [0.1, 0.15) is 17.6 Å². The van der Waals surface area contributed by atoms with Gasteiger partial charge in [-0.3, -0.25) is 0 Å². The molecule has 2 heterocycles. The van der Waals surface area contributed by atoms with E-state index in [1.54, 1.807) is 31.4 Å². The smallest absolute Gasteiger partial charge is 0.345 e. The Morgan fingerprint density at radius 1 is 1.10 bits per heavy atom. The summed E-state index contributed by atoms with van der Waals surface area (Å²) in [5.74, 6) is -1.26. The molecule has 1 atom stereocenters. The third-order valence-electron chi connectivity index (χ3n) is 5.38. The first kappa shape index (κ1) is 20.0. The number of carbonyl (C=O) groups is 1. The van der Waals surface area contributed by atoms with Crippen molar-refractivity contribution in [3.63, 3.8) is 0 Å². The summed E-state index contributed by atoms with van der Waals surface area (Å²) in [6.07, 6.45) is 1.68. The maximum Gasteiger partial charge on any atom is 0.345 e. The number of hydrogen-bond acceptors (Lipinski definition) is 6. The number of esters is 1. The summed E-state index contributed by atoms with van der Waals surface area (Å²) in [6, 6.07) is 14.9. The highest BCUT2D eigenvalue weighted by Crippen LogP contribution is 2.44. The lowest BCUT2D eigenvalue weighted by atomic mass is 9.89. The molecule has 0 aromatic heterocycles. The molecule has 0 radical (unpaired) electrons. The molecule has 0 spiro atoms. The van der Waals surface area contributed by atoms with Gasteiger partial charge in [-0.25, -0.2) is 4.79 Å². The summed E-state index contributed by atoms with van der Waals surface area (Å²) in [6.45, 7) is 4.28. The molecule has 6 nitrogen and oxygen atoms in total. The predicted octanol–water partition coefficient (Wildman–Crippen LogP) is 3.91. The van der Waals surface area contributed by atoms with Gasteiger partial charge in [0.2, 0.25) is 6.79 Å². The molecule has 0 aliphatic carbocycles. The van der Waals surface area contributed by atoms with Crippen LogP contribution in [0.2, 0.25) is 0 Å². The fourth-order valence-corrected chi connectivity index (χ4v) is 3.64. The average molecular weight is 408 g/mol. The van der Waals surface area contributed by atoms with Crippen molar-refractivity contribution >= 4 is 5.97 Å². The van der Waals surface area contributed by atoms with Gasteiger partial charge in [0.15, 0.2) is 5.76 Å². The molecule has 0 amide bonds. The average Bonchev–Trinajstić information content (AvgIpc) is 3.35. The molecule has 2 aliphatic heterocycles. The molecule has 2 aromatic carbocycles. The normalized spacial score (nSPS) is 20.7. The van der Waals surface area contributed by atoms with Crippen molar-refractivity contribution in [3.8, 4) is 5.75 Å². The summed E-state index contributed by atoms with van der Waals surface area (Å²) in [5.41, 5.74) is 3.19. The number of rotatable bonds is 6. The van der Waals surface area contributed by atoms with Gasteiger partial charge < -0.3 is 24.1 Å². The lowest BCUT2D eigenvalue weighted by Crippen LogP contribution is -2.29. The molecule has 0 fully saturated rings. The first-order valence-electron chi connectivity index (χ1n) is 9.80. The Morgan fingerprint density at radius 3 is 2.37 bits per heavy atom. The Balaban J connectivity index is 1.78. The van der Waals surface area contributed by atoms with E-state index < -0.39 is 11.8 Å². The van der Waals surface area contributed by atoms with Crippen molar-refractivity contribution in [1.82, 2.24) is 0 Å². The first-order valence-corrected chi connectivity index (χ1v) is 9.80. The Bertz CT molecular complexity index is 1000. The summed E-state index contributed by atoms with van der Waals surface area (Å²) in [7, 11) is 1.56. The second kappa shape index (κ2) is 7.88. The molecule has 2 aromatic rings. The number of methoxy groups -OCH3 is 1. The molecule has 0 saturated carbocycles. The fourth-order valence-electron chi connectivity index (χ4n) is 3.64. The molecule has 1 unspecified atom stereocenters. The van der Waals surface area contributed by atoms with Gasteiger partial charge in [0.05, 0.1) is 7.11 Å². The van der Waals surface area contributed by atoms with Gasteiger partial charge in [0, 0.05) is 17.6 Å². The van der Waals surface area contributed by atoms with Crippen molar-refractivity contribution in [1.29, 1.82) is 0 Å². The minimum absolute atomic E-state index is 0.0173. The highest BCUT2D eigenvalue weighted by molar-refractivity contribution is 5.97. The first-order chi connectivity index (χ1) is 14.4. The minimum atomic E-state index is -1.91. The zero-order valence-electron chi connectivity index (χ0n) is 17.2. The van der Waals surface area contributed by atoms with Gasteiger partial charge in [-0.05, 0) is 41.3 Å². The van der Waals surface area contributed by atoms with Crippen molar-refractivity contribution < 1.29 is 28.8 Å². The molecule has 30 heavy (non-hydrogen) atoms. The number of aliphatic hydroxyl groups is 1. The van der Waals surface area contributed by atoms with Crippen LogP contribution in [0.3, 0.4) is 0 Å². The SMILES string of the molecule is COc1ccc(C2(O)OC(=O)C(C3=COCO3)=C2Cc2ccc(C(C)C)cc2)cc1. The molecule has 0 bridgehead atoms. The van der Waals surface area contributed by atoms with Crippen molar-refractivity contribution in [2.45, 2.75) is 32.0 Å². The number of ether oxygens (including phenoxy) is 4. The van der Waals surface area contributed by atoms with Crippen molar-refractivity contribution in [2.75, 3.05) is 13.9 Å². The number of benzene rings is 2. The largest absolute Gasteiger partial charge is 0.497 e. The second-order valence-corrected chi connectivity index (χ2v) is 7.60. The monoisotopic (exact) mass is 408 g/mol. The van der Waals surface area contributed by atoms with E-state index in [1.165, 1.54) is 11.8 Å². The van der Waals surface area contributed by atoms with Gasteiger partial charge >= 0.3 is 5.97 Å². The molecule has 6 heteroatoms. The highest BCUT2D eigenvalue weighted by atomic mass is 16.7. The van der Waals surface area contributed by atoms with Crippen LogP contribution in [0.5, 0.6) is 5.75 Å². The van der Waals surface area contributed by atoms with E-state index in [9.17, 15) is 9.90 Å². The molecule has 1 N–H and O–H groups in total. The summed E-state index contributed by atoms with van der Waals surface area (Å²) < 4.78 is 21.3. The number of hydrogen-bond donors (Lipinski definition) is 1. The van der Waals surface area contributed by atoms with Crippen molar-refractivity contribution in [2.24, 2.45) is 0 Å². The van der Waals surface area contributed by atoms with Crippen LogP contribution in [0.1, 0.15) is 36.5 Å². The van der Waals surface area contributed by atoms with E-state index in [4.69, 9.17) is 18.9 Å². The van der Waals surface area contributed by atoms with E-state index in [-0.39, 0.29) is 18.1 Å². The highest BCUT2D eigenvalue weighted by Gasteiger charge is 2.49. The third kappa shape index (κ3) is 3.55. The van der Waals surface area contributed by atoms with Crippen LogP contribution in [0.4, 0.5) is 0 Å². The standard InChI is InChI=1S/C24H24O6/c1-15(2)17-6-4-16(5-7-17)12-20-22(21-13-28-14-29-21)23(25)30-24(20,26)18-8-10-19(27-3)11-9-18/h4-11,13,15,26H,12,14H2,1-3H3. The van der Waals surface area contributed by atoms with Crippen molar-refractivity contribution in [3.05, 3.63) is 88.4 Å². The van der Waals surface area contributed by atoms with E-state index in [0.29, 0.717) is 29.2 Å². The number of cyclic esters (lactones) is 1. The van der Waals surface area contributed by atoms with E-state index in [1.807, 2.05) is 12.1 Å². The van der Waals surface area contributed by atoms with Gasteiger partial charge in [-0.1, -0.05) is 38.1 Å². The Kier molecular flexibility index (Phi) is 5.26. The Hall–Kier alpha value is -3.25. The third-order valence-corrected chi connectivity index (χ3v) is 5.38.